The van der Waals surface area contributed by atoms with Crippen LogP contribution in [-0.4, -0.2) is 33.6 Å². The fourth-order valence-corrected chi connectivity index (χ4v) is 5.15. The molecule has 3 rings (SSSR count). The van der Waals surface area contributed by atoms with Crippen molar-refractivity contribution in [1.29, 1.82) is 0 Å². The molecule has 0 saturated heterocycles. The molecule has 1 aliphatic rings. The van der Waals surface area contributed by atoms with Gasteiger partial charge in [-0.2, -0.15) is 0 Å². The first-order chi connectivity index (χ1) is 15.1. The van der Waals surface area contributed by atoms with Gasteiger partial charge in [0, 0.05) is 19.3 Å². The quantitative estimate of drug-likeness (QED) is 0.445. The van der Waals surface area contributed by atoms with Crippen LogP contribution in [0.4, 0.5) is 5.69 Å². The van der Waals surface area contributed by atoms with E-state index in [1.54, 1.807) is 14.2 Å². The van der Waals surface area contributed by atoms with Gasteiger partial charge in [0.1, 0.15) is 11.4 Å². The molecular weight excluding hydrogens is 416 g/mol. The van der Waals surface area contributed by atoms with Gasteiger partial charge in [-0.25, -0.2) is 0 Å². The van der Waals surface area contributed by atoms with Crippen LogP contribution in [0.3, 0.4) is 0 Å². The number of pyridine rings is 1. The summed E-state index contributed by atoms with van der Waals surface area (Å²) < 4.78 is 17.3. The Labute approximate surface area is 195 Å². The van der Waals surface area contributed by atoms with Crippen LogP contribution in [0.15, 0.2) is 36.5 Å². The van der Waals surface area contributed by atoms with Crippen molar-refractivity contribution >= 4 is 14.0 Å². The molecule has 0 spiro atoms. The second-order valence-corrected chi connectivity index (χ2v) is 15.1. The summed E-state index contributed by atoms with van der Waals surface area (Å²) in [6.07, 6.45) is 6.45. The van der Waals surface area contributed by atoms with Crippen molar-refractivity contribution in [2.45, 2.75) is 83.2 Å². The molecule has 0 radical (unpaired) electrons. The highest BCUT2D eigenvalue weighted by molar-refractivity contribution is 6.74. The lowest BCUT2D eigenvalue weighted by atomic mass is 9.81. The summed E-state index contributed by atoms with van der Waals surface area (Å²) in [5, 5.41) is 3.89. The van der Waals surface area contributed by atoms with E-state index in [2.05, 4.69) is 68.4 Å². The number of rotatable bonds is 8. The molecule has 1 N–H and O–H groups in total. The lowest BCUT2D eigenvalue weighted by Crippen LogP contribution is -2.43. The minimum atomic E-state index is -1.80. The van der Waals surface area contributed by atoms with Crippen LogP contribution < -0.4 is 14.5 Å². The third kappa shape index (κ3) is 5.84. The van der Waals surface area contributed by atoms with Gasteiger partial charge in [0.2, 0.25) is 8.32 Å². The fraction of sp³-hybridized carbons (Fsp3) is 0.577. The number of nitrogens with one attached hydrogen (secondary N) is 1. The van der Waals surface area contributed by atoms with Crippen LogP contribution in [0.2, 0.25) is 18.1 Å². The Kier molecular flexibility index (Phi) is 7.88. The number of hydrogen-bond acceptors (Lipinski definition) is 5. The van der Waals surface area contributed by atoms with Crippen LogP contribution in [0.25, 0.3) is 0 Å². The minimum Gasteiger partial charge on any atom is -0.544 e. The molecule has 32 heavy (non-hydrogen) atoms. The van der Waals surface area contributed by atoms with Crippen LogP contribution in [0.5, 0.6) is 11.5 Å². The van der Waals surface area contributed by atoms with Gasteiger partial charge < -0.3 is 19.2 Å². The molecule has 1 fully saturated rings. The Bertz CT molecular complexity index is 870. The van der Waals surface area contributed by atoms with Crippen molar-refractivity contribution < 1.29 is 13.9 Å². The van der Waals surface area contributed by atoms with Crippen molar-refractivity contribution in [3.63, 3.8) is 0 Å². The van der Waals surface area contributed by atoms with E-state index >= 15 is 0 Å². The lowest BCUT2D eigenvalue weighted by molar-refractivity contribution is 0.178. The van der Waals surface area contributed by atoms with Crippen LogP contribution in [-0.2, 0) is 11.3 Å². The molecule has 0 unspecified atom stereocenters. The van der Waals surface area contributed by atoms with E-state index in [4.69, 9.17) is 13.9 Å². The van der Waals surface area contributed by atoms with Gasteiger partial charge in [0.05, 0.1) is 19.4 Å². The molecule has 0 amide bonds. The highest BCUT2D eigenvalue weighted by Gasteiger charge is 2.39. The maximum Gasteiger partial charge on any atom is 0.250 e. The summed E-state index contributed by atoms with van der Waals surface area (Å²) in [5.41, 5.74) is 3.26. The average Bonchev–Trinajstić information content (AvgIpc) is 2.74. The molecule has 1 aliphatic carbocycles. The molecule has 176 valence electrons. The zero-order chi connectivity index (χ0) is 23.4. The molecule has 1 saturated carbocycles. The van der Waals surface area contributed by atoms with Gasteiger partial charge >= 0.3 is 0 Å². The smallest absolute Gasteiger partial charge is 0.250 e. The average molecular weight is 457 g/mol. The first kappa shape index (κ1) is 24.6. The minimum absolute atomic E-state index is 0.207. The van der Waals surface area contributed by atoms with Gasteiger partial charge in [-0.05, 0) is 73.5 Å². The van der Waals surface area contributed by atoms with Crippen molar-refractivity contribution in [3.8, 4) is 11.5 Å². The number of methoxy groups -OCH3 is 2. The summed E-state index contributed by atoms with van der Waals surface area (Å²) in [7, 11) is 1.57. The van der Waals surface area contributed by atoms with E-state index in [-0.39, 0.29) is 5.04 Å². The maximum absolute atomic E-state index is 6.44. The topological polar surface area (TPSA) is 52.6 Å². The van der Waals surface area contributed by atoms with E-state index in [0.717, 1.165) is 35.7 Å². The van der Waals surface area contributed by atoms with Gasteiger partial charge in [0.25, 0.3) is 0 Å². The Hall–Kier alpha value is -2.05. The van der Waals surface area contributed by atoms with Crippen molar-refractivity contribution in [2.24, 2.45) is 0 Å². The molecule has 1 heterocycles. The standard InChI is InChI=1S/C26H40N2O3Si/c1-26(2,3)32(6,7)31-22-14-10-20(11-15-22)19-8-12-21(13-9-19)28-23-16-17-27-24(18-29-4)25(23)30-5/h10-11,14-17,19,21H,8-9,12-13,18H2,1-7H3,(H,27,28)/t19-,21+. The molecule has 0 aliphatic heterocycles. The molecule has 5 nitrogen and oxygen atoms in total. The summed E-state index contributed by atoms with van der Waals surface area (Å²) in [5.74, 6) is 2.40. The number of anilines is 1. The van der Waals surface area contributed by atoms with Gasteiger partial charge in [-0.1, -0.05) is 32.9 Å². The Morgan fingerprint density at radius 1 is 1.00 bits per heavy atom. The monoisotopic (exact) mass is 456 g/mol. The molecule has 6 heteroatoms. The van der Waals surface area contributed by atoms with E-state index in [9.17, 15) is 0 Å². The summed E-state index contributed by atoms with van der Waals surface area (Å²) in [6, 6.07) is 11.3. The number of ether oxygens (including phenoxy) is 2. The van der Waals surface area contributed by atoms with E-state index in [1.165, 1.54) is 18.4 Å². The van der Waals surface area contributed by atoms with Crippen LogP contribution >= 0.6 is 0 Å². The van der Waals surface area contributed by atoms with E-state index in [1.807, 2.05) is 12.3 Å². The lowest BCUT2D eigenvalue weighted by Gasteiger charge is -2.36. The molecular formula is C26H40N2O3Si. The zero-order valence-electron chi connectivity index (χ0n) is 20.8. The second-order valence-electron chi connectivity index (χ2n) is 10.4. The van der Waals surface area contributed by atoms with Gasteiger partial charge in [-0.15, -0.1) is 0 Å². The zero-order valence-corrected chi connectivity index (χ0v) is 21.8. The van der Waals surface area contributed by atoms with Crippen molar-refractivity contribution in [3.05, 3.63) is 47.8 Å². The highest BCUT2D eigenvalue weighted by Crippen LogP contribution is 2.39. The molecule has 0 bridgehead atoms. The Morgan fingerprint density at radius 3 is 2.22 bits per heavy atom. The summed E-state index contributed by atoms with van der Waals surface area (Å²) >= 11 is 0. The Balaban J connectivity index is 1.58. The predicted octanol–water partition coefficient (Wildman–Crippen LogP) is 6.76. The molecule has 1 aromatic heterocycles. The van der Waals surface area contributed by atoms with Crippen LogP contribution in [0, 0.1) is 0 Å². The fourth-order valence-electron chi connectivity index (χ4n) is 4.12. The largest absolute Gasteiger partial charge is 0.544 e. The number of aromatic nitrogens is 1. The Morgan fingerprint density at radius 2 is 1.66 bits per heavy atom. The number of nitrogens with zero attached hydrogens (tertiary/aromatic N) is 1. The molecule has 1 aromatic carbocycles. The normalized spacial score (nSPS) is 19.5. The molecule has 0 atom stereocenters. The first-order valence-corrected chi connectivity index (χ1v) is 14.6. The highest BCUT2D eigenvalue weighted by atomic mass is 28.4. The third-order valence-corrected chi connectivity index (χ3v) is 11.4. The predicted molar refractivity (Wildman–Crippen MR) is 134 cm³/mol. The van der Waals surface area contributed by atoms with Crippen LogP contribution in [0.1, 0.15) is 63.6 Å². The first-order valence-electron chi connectivity index (χ1n) is 11.7. The van der Waals surface area contributed by atoms with Gasteiger partial charge in [0.15, 0.2) is 5.75 Å². The van der Waals surface area contributed by atoms with Gasteiger partial charge in [-0.3, -0.25) is 4.98 Å². The molecule has 2 aromatic rings. The van der Waals surface area contributed by atoms with E-state index < -0.39 is 8.32 Å². The van der Waals surface area contributed by atoms with Crippen molar-refractivity contribution in [1.82, 2.24) is 4.98 Å². The maximum atomic E-state index is 6.44. The summed E-state index contributed by atoms with van der Waals surface area (Å²) in [6.45, 7) is 11.9. The summed E-state index contributed by atoms with van der Waals surface area (Å²) in [4.78, 5) is 4.39. The van der Waals surface area contributed by atoms with E-state index in [0.29, 0.717) is 18.6 Å². The SMILES string of the molecule is COCc1nccc(N[C@H]2CC[C@@H](c3ccc(O[Si](C)(C)C(C)(C)C)cc3)CC2)c1OC. The van der Waals surface area contributed by atoms with Crippen molar-refractivity contribution in [2.75, 3.05) is 19.5 Å². The number of hydrogen-bond donors (Lipinski definition) is 1. The third-order valence-electron chi connectivity index (χ3n) is 7.08. The second kappa shape index (κ2) is 10.3. The number of benzene rings is 1.